The molecule has 0 saturated heterocycles. The van der Waals surface area contributed by atoms with Crippen LogP contribution in [0.15, 0.2) is 76.4 Å². The third kappa shape index (κ3) is 4.08. The molecule has 0 bridgehead atoms. The van der Waals surface area contributed by atoms with E-state index in [0.717, 1.165) is 0 Å². The first-order chi connectivity index (χ1) is 16.1. The quantitative estimate of drug-likeness (QED) is 0.246. The number of pyridine rings is 1. The molecular weight excluding hydrogens is 449 g/mol. The number of benzene rings is 2. The van der Waals surface area contributed by atoms with Crippen LogP contribution in [0.5, 0.6) is 11.5 Å². The number of halogens is 1. The van der Waals surface area contributed by atoms with Gasteiger partial charge < -0.3 is 9.47 Å². The number of fused-ring (bicyclic) bond motifs is 1. The van der Waals surface area contributed by atoms with E-state index in [2.05, 4.69) is 15.1 Å². The summed E-state index contributed by atoms with van der Waals surface area (Å²) in [6.07, 6.45) is 4.53. The molecule has 0 radical (unpaired) electrons. The fourth-order valence-electron chi connectivity index (χ4n) is 3.20. The maximum atomic E-state index is 14.6. The van der Waals surface area contributed by atoms with Crippen molar-refractivity contribution in [3.63, 3.8) is 0 Å². The van der Waals surface area contributed by atoms with Gasteiger partial charge in [0.1, 0.15) is 5.82 Å². The highest BCUT2D eigenvalue weighted by Gasteiger charge is 2.22. The van der Waals surface area contributed by atoms with E-state index in [1.54, 1.807) is 48.1 Å². The van der Waals surface area contributed by atoms with Gasteiger partial charge in [0.2, 0.25) is 11.6 Å². The van der Waals surface area contributed by atoms with Gasteiger partial charge in [-0.05, 0) is 30.3 Å². The molecule has 0 atom stereocenters. The Morgan fingerprint density at radius 2 is 2.00 bits per heavy atom. The van der Waals surface area contributed by atoms with Gasteiger partial charge in [-0.15, -0.1) is 11.3 Å². The van der Waals surface area contributed by atoms with Crippen LogP contribution in [0.4, 0.5) is 15.8 Å². The van der Waals surface area contributed by atoms with Crippen molar-refractivity contribution in [1.82, 2.24) is 9.66 Å². The van der Waals surface area contributed by atoms with E-state index >= 15 is 0 Å². The minimum Gasteiger partial charge on any atom is -0.454 e. The highest BCUT2D eigenvalue weighted by atomic mass is 32.1. The Morgan fingerprint density at radius 3 is 2.76 bits per heavy atom. The molecule has 164 valence electrons. The van der Waals surface area contributed by atoms with Crippen molar-refractivity contribution in [2.24, 2.45) is 10.1 Å². The second-order valence-corrected chi connectivity index (χ2v) is 7.62. The van der Waals surface area contributed by atoms with Crippen LogP contribution in [0.2, 0.25) is 0 Å². The number of thiazole rings is 1. The summed E-state index contributed by atoms with van der Waals surface area (Å²) >= 11 is 1.25. The summed E-state index contributed by atoms with van der Waals surface area (Å²) < 4.78 is 26.6. The molecule has 0 aliphatic carbocycles. The standard InChI is InChI=1S/C22H14FN5O4S/c23-17-6-2-1-5-16(17)19-12-33-22(26-15-4-3-7-24-11-15)27(19)25-10-14-8-20-21(32-13-31-20)9-18(14)28(29)30/h1-12H,13H2. The number of hydrogen-bond donors (Lipinski definition) is 0. The zero-order chi connectivity index (χ0) is 22.8. The van der Waals surface area contributed by atoms with E-state index in [1.165, 1.54) is 40.4 Å². The Kier molecular flexibility index (Phi) is 5.37. The molecule has 33 heavy (non-hydrogen) atoms. The zero-order valence-corrected chi connectivity index (χ0v) is 17.6. The number of aromatic nitrogens is 2. The normalized spacial score (nSPS) is 13.1. The van der Waals surface area contributed by atoms with Crippen LogP contribution in [0, 0.1) is 15.9 Å². The molecule has 3 heterocycles. The fraction of sp³-hybridized carbons (Fsp3) is 0.0455. The number of ether oxygens (including phenoxy) is 2. The number of rotatable bonds is 5. The van der Waals surface area contributed by atoms with E-state index < -0.39 is 10.7 Å². The number of nitro benzene ring substituents is 1. The lowest BCUT2D eigenvalue weighted by Crippen LogP contribution is -2.12. The summed E-state index contributed by atoms with van der Waals surface area (Å²) in [5, 5.41) is 17.8. The molecule has 0 spiro atoms. The van der Waals surface area contributed by atoms with Crippen LogP contribution < -0.4 is 14.3 Å². The summed E-state index contributed by atoms with van der Waals surface area (Å²) in [4.78, 5) is 20.1. The van der Waals surface area contributed by atoms with Gasteiger partial charge in [-0.1, -0.05) is 12.1 Å². The topological polar surface area (TPSA) is 104 Å². The predicted molar refractivity (Wildman–Crippen MR) is 119 cm³/mol. The van der Waals surface area contributed by atoms with Gasteiger partial charge in [-0.3, -0.25) is 15.1 Å². The molecule has 2 aromatic heterocycles. The van der Waals surface area contributed by atoms with Gasteiger partial charge in [0.25, 0.3) is 5.69 Å². The highest BCUT2D eigenvalue weighted by molar-refractivity contribution is 7.07. The maximum Gasteiger partial charge on any atom is 0.282 e. The Bertz CT molecular complexity index is 1450. The molecule has 2 aromatic carbocycles. The van der Waals surface area contributed by atoms with E-state index in [0.29, 0.717) is 33.2 Å². The summed E-state index contributed by atoms with van der Waals surface area (Å²) in [5.74, 6) is 0.245. The molecule has 0 fully saturated rings. The number of nitrogens with zero attached hydrogens (tertiary/aromatic N) is 5. The summed E-state index contributed by atoms with van der Waals surface area (Å²) in [5.41, 5.74) is 1.35. The Morgan fingerprint density at radius 1 is 1.18 bits per heavy atom. The Hall–Kier alpha value is -4.38. The molecule has 0 N–H and O–H groups in total. The van der Waals surface area contributed by atoms with Crippen molar-refractivity contribution in [2.45, 2.75) is 0 Å². The molecule has 0 amide bonds. The molecule has 5 rings (SSSR count). The second-order valence-electron chi connectivity index (χ2n) is 6.78. The van der Waals surface area contributed by atoms with Gasteiger partial charge in [0.05, 0.1) is 40.3 Å². The fourth-order valence-corrected chi connectivity index (χ4v) is 4.05. The van der Waals surface area contributed by atoms with Crippen LogP contribution in [0.1, 0.15) is 5.56 Å². The number of hydrogen-bond acceptors (Lipinski definition) is 8. The van der Waals surface area contributed by atoms with Gasteiger partial charge in [-0.25, -0.2) is 14.1 Å². The highest BCUT2D eigenvalue weighted by Crippen LogP contribution is 2.37. The third-order valence-corrected chi connectivity index (χ3v) is 5.55. The van der Waals surface area contributed by atoms with Gasteiger partial charge in [0, 0.05) is 17.1 Å². The van der Waals surface area contributed by atoms with Gasteiger partial charge in [0.15, 0.2) is 11.5 Å². The Labute approximate surface area is 189 Å². The second kappa shape index (κ2) is 8.63. The first-order valence-electron chi connectivity index (χ1n) is 9.63. The van der Waals surface area contributed by atoms with Crippen molar-refractivity contribution >= 4 is 28.9 Å². The molecule has 1 aliphatic rings. The van der Waals surface area contributed by atoms with Gasteiger partial charge >= 0.3 is 0 Å². The van der Waals surface area contributed by atoms with Crippen molar-refractivity contribution < 1.29 is 18.8 Å². The Balaban J connectivity index is 1.67. The lowest BCUT2D eigenvalue weighted by molar-refractivity contribution is -0.385. The molecule has 0 saturated carbocycles. The lowest BCUT2D eigenvalue weighted by Gasteiger charge is -2.05. The van der Waals surface area contributed by atoms with Crippen molar-refractivity contribution in [2.75, 3.05) is 6.79 Å². The minimum absolute atomic E-state index is 0.0159. The average Bonchev–Trinajstić information content (AvgIpc) is 3.44. The molecule has 4 aromatic rings. The average molecular weight is 463 g/mol. The van der Waals surface area contributed by atoms with E-state index in [4.69, 9.17) is 9.47 Å². The molecular formula is C22H14FN5O4S. The lowest BCUT2D eigenvalue weighted by atomic mass is 10.1. The van der Waals surface area contributed by atoms with Crippen molar-refractivity contribution in [3.8, 4) is 22.8 Å². The van der Waals surface area contributed by atoms with E-state index in [-0.39, 0.29) is 18.0 Å². The van der Waals surface area contributed by atoms with Gasteiger partial charge in [-0.2, -0.15) is 5.10 Å². The van der Waals surface area contributed by atoms with Crippen molar-refractivity contribution in [1.29, 1.82) is 0 Å². The molecule has 11 heteroatoms. The minimum atomic E-state index is -0.527. The first-order valence-corrected chi connectivity index (χ1v) is 10.5. The van der Waals surface area contributed by atoms with E-state index in [1.807, 2.05) is 0 Å². The number of nitro groups is 1. The van der Waals surface area contributed by atoms with E-state index in [9.17, 15) is 14.5 Å². The van der Waals surface area contributed by atoms with Crippen LogP contribution in [0.3, 0.4) is 0 Å². The summed E-state index contributed by atoms with van der Waals surface area (Å²) in [6.45, 7) is -0.0159. The summed E-state index contributed by atoms with van der Waals surface area (Å²) in [7, 11) is 0. The largest absolute Gasteiger partial charge is 0.454 e. The predicted octanol–water partition coefficient (Wildman–Crippen LogP) is 4.50. The molecule has 9 nitrogen and oxygen atoms in total. The molecule has 1 aliphatic heterocycles. The summed E-state index contributed by atoms with van der Waals surface area (Å²) in [6, 6.07) is 12.6. The molecule has 0 unspecified atom stereocenters. The monoisotopic (exact) mass is 463 g/mol. The first kappa shape index (κ1) is 20.5. The van der Waals surface area contributed by atoms with Crippen LogP contribution in [0.25, 0.3) is 11.3 Å². The van der Waals surface area contributed by atoms with Crippen LogP contribution in [-0.2, 0) is 0 Å². The van der Waals surface area contributed by atoms with Crippen LogP contribution in [-0.4, -0.2) is 27.6 Å². The van der Waals surface area contributed by atoms with Crippen molar-refractivity contribution in [3.05, 3.63) is 92.6 Å². The SMILES string of the molecule is O=[N+]([O-])c1cc2c(cc1C=Nn1c(-c3ccccc3F)csc1=Nc1cccnc1)OCO2. The third-order valence-electron chi connectivity index (χ3n) is 4.74. The maximum absolute atomic E-state index is 14.6. The smallest absolute Gasteiger partial charge is 0.282 e. The zero-order valence-electron chi connectivity index (χ0n) is 16.8. The van der Waals surface area contributed by atoms with Crippen LogP contribution >= 0.6 is 11.3 Å².